The summed E-state index contributed by atoms with van der Waals surface area (Å²) in [5, 5.41) is 0. The normalized spacial score (nSPS) is 27.2. The lowest BCUT2D eigenvalue weighted by Gasteiger charge is -2.22. The number of carbonyl (C=O) groups excluding carboxylic acids is 1. The van der Waals surface area contributed by atoms with E-state index in [9.17, 15) is 4.79 Å². The van der Waals surface area contributed by atoms with E-state index in [0.29, 0.717) is 30.5 Å². The molecule has 0 amide bonds. The zero-order chi connectivity index (χ0) is 23.0. The molecule has 2 saturated carbocycles. The molecule has 0 spiro atoms. The minimum atomic E-state index is -0.0747. The number of benzene rings is 4. The van der Waals surface area contributed by atoms with Crippen LogP contribution in [0.15, 0.2) is 121 Å². The highest BCUT2D eigenvalue weighted by Gasteiger charge is 2.60. The maximum absolute atomic E-state index is 13.9. The lowest BCUT2D eigenvalue weighted by Crippen LogP contribution is -2.21. The molecule has 4 unspecified atom stereocenters. The number of rotatable bonds is 8. The van der Waals surface area contributed by atoms with Crippen LogP contribution in [0.5, 0.6) is 0 Å². The quantitative estimate of drug-likeness (QED) is 0.275. The summed E-state index contributed by atoms with van der Waals surface area (Å²) in [6.45, 7) is 0. The number of ketones is 1. The molecule has 4 aromatic rings. The zero-order valence-electron chi connectivity index (χ0n) is 19.4. The van der Waals surface area contributed by atoms with Gasteiger partial charge in [0.15, 0.2) is 0 Å². The molecule has 4 atom stereocenters. The molecule has 0 heterocycles. The number of hydrogen-bond donors (Lipinski definition) is 0. The van der Waals surface area contributed by atoms with Crippen molar-refractivity contribution >= 4 is 5.78 Å². The van der Waals surface area contributed by atoms with Gasteiger partial charge in [-0.05, 0) is 46.9 Å². The van der Waals surface area contributed by atoms with E-state index in [0.717, 1.165) is 12.8 Å². The summed E-state index contributed by atoms with van der Waals surface area (Å²) < 4.78 is 0. The first-order chi connectivity index (χ1) is 16.7. The maximum Gasteiger partial charge on any atom is 0.134 e. The molecule has 2 aliphatic rings. The lowest BCUT2D eigenvalue weighted by molar-refractivity contribution is -0.120. The van der Waals surface area contributed by atoms with E-state index in [-0.39, 0.29) is 10.8 Å². The molecule has 2 aliphatic carbocycles. The van der Waals surface area contributed by atoms with Gasteiger partial charge in [-0.2, -0.15) is 0 Å². The maximum atomic E-state index is 13.9. The molecular formula is C33H30O. The summed E-state index contributed by atoms with van der Waals surface area (Å²) in [4.78, 5) is 13.9. The molecule has 168 valence electrons. The van der Waals surface area contributed by atoms with Crippen molar-refractivity contribution in [1.29, 1.82) is 0 Å². The summed E-state index contributed by atoms with van der Waals surface area (Å²) in [6, 6.07) is 42.9. The predicted molar refractivity (Wildman–Crippen MR) is 138 cm³/mol. The standard InChI is InChI=1S/C33H30O/c34-29(21-32(27-17-9-3-10-18-27)23-30(32)25-13-5-1-6-14-25)22-33(28-19-11-4-12-20-28)24-31(33)26-15-7-2-8-16-26/h1-20,30-31H,21-24H2. The number of hydrogen-bond acceptors (Lipinski definition) is 1. The molecule has 6 rings (SSSR count). The Balaban J connectivity index is 1.29. The first kappa shape index (κ1) is 21.1. The third-order valence-electron chi connectivity index (χ3n) is 8.28. The molecular weight excluding hydrogens is 412 g/mol. The van der Waals surface area contributed by atoms with Crippen molar-refractivity contribution in [3.05, 3.63) is 144 Å². The molecule has 1 heteroatoms. The SMILES string of the molecule is O=C(CC1(c2ccccc2)CC1c1ccccc1)CC1(c2ccccc2)CC1c1ccccc1. The van der Waals surface area contributed by atoms with Gasteiger partial charge in [0.2, 0.25) is 0 Å². The van der Waals surface area contributed by atoms with Gasteiger partial charge in [-0.1, -0.05) is 121 Å². The molecule has 0 bridgehead atoms. The molecule has 0 aromatic heterocycles. The Kier molecular flexibility index (Phi) is 5.21. The van der Waals surface area contributed by atoms with Crippen LogP contribution in [0, 0.1) is 0 Å². The van der Waals surface area contributed by atoms with E-state index in [1.165, 1.54) is 22.3 Å². The zero-order valence-corrected chi connectivity index (χ0v) is 19.4. The fourth-order valence-corrected chi connectivity index (χ4v) is 6.39. The second-order valence-electron chi connectivity index (χ2n) is 10.3. The van der Waals surface area contributed by atoms with Crippen LogP contribution in [0.4, 0.5) is 0 Å². The minimum absolute atomic E-state index is 0.0747. The van der Waals surface area contributed by atoms with E-state index in [1.807, 2.05) is 0 Å². The van der Waals surface area contributed by atoms with Crippen LogP contribution in [0.25, 0.3) is 0 Å². The molecule has 0 N–H and O–H groups in total. The van der Waals surface area contributed by atoms with Crippen LogP contribution < -0.4 is 0 Å². The van der Waals surface area contributed by atoms with Crippen LogP contribution in [-0.2, 0) is 15.6 Å². The smallest absolute Gasteiger partial charge is 0.134 e. The molecule has 0 saturated heterocycles. The molecule has 1 nitrogen and oxygen atoms in total. The first-order valence-electron chi connectivity index (χ1n) is 12.4. The third kappa shape index (κ3) is 3.70. The van der Waals surface area contributed by atoms with Crippen LogP contribution >= 0.6 is 0 Å². The van der Waals surface area contributed by atoms with Crippen LogP contribution in [0.1, 0.15) is 59.8 Å². The van der Waals surface area contributed by atoms with E-state index in [2.05, 4.69) is 121 Å². The van der Waals surface area contributed by atoms with Crippen molar-refractivity contribution in [2.24, 2.45) is 0 Å². The highest BCUT2D eigenvalue weighted by Crippen LogP contribution is 2.65. The Hall–Kier alpha value is -3.45. The van der Waals surface area contributed by atoms with E-state index in [1.54, 1.807) is 0 Å². The summed E-state index contributed by atoms with van der Waals surface area (Å²) >= 11 is 0. The molecule has 34 heavy (non-hydrogen) atoms. The Morgan fingerprint density at radius 2 is 0.853 bits per heavy atom. The van der Waals surface area contributed by atoms with Crippen molar-refractivity contribution in [3.63, 3.8) is 0 Å². The first-order valence-corrected chi connectivity index (χ1v) is 12.4. The van der Waals surface area contributed by atoms with Crippen molar-refractivity contribution in [2.75, 3.05) is 0 Å². The van der Waals surface area contributed by atoms with Gasteiger partial charge < -0.3 is 0 Å². The van der Waals surface area contributed by atoms with Crippen molar-refractivity contribution in [2.45, 2.75) is 48.3 Å². The van der Waals surface area contributed by atoms with Gasteiger partial charge in [-0.25, -0.2) is 0 Å². The number of carbonyl (C=O) groups is 1. The second kappa shape index (κ2) is 8.40. The van der Waals surface area contributed by atoms with Crippen molar-refractivity contribution in [1.82, 2.24) is 0 Å². The largest absolute Gasteiger partial charge is 0.300 e. The van der Waals surface area contributed by atoms with Gasteiger partial charge in [-0.3, -0.25) is 4.79 Å². The fraction of sp³-hybridized carbons (Fsp3) is 0.242. The Bertz CT molecular complexity index is 1160. The molecule has 4 aromatic carbocycles. The van der Waals surface area contributed by atoms with E-state index < -0.39 is 0 Å². The molecule has 0 aliphatic heterocycles. The summed E-state index contributed by atoms with van der Waals surface area (Å²) in [6.07, 6.45) is 3.33. The third-order valence-corrected chi connectivity index (χ3v) is 8.28. The fourth-order valence-electron chi connectivity index (χ4n) is 6.39. The summed E-state index contributed by atoms with van der Waals surface area (Å²) in [5.41, 5.74) is 5.17. The van der Waals surface area contributed by atoms with Crippen LogP contribution in [-0.4, -0.2) is 5.78 Å². The van der Waals surface area contributed by atoms with Crippen LogP contribution in [0.2, 0.25) is 0 Å². The van der Waals surface area contributed by atoms with Gasteiger partial charge in [0, 0.05) is 23.7 Å². The molecule has 2 fully saturated rings. The average molecular weight is 443 g/mol. The van der Waals surface area contributed by atoms with E-state index >= 15 is 0 Å². The van der Waals surface area contributed by atoms with Gasteiger partial charge in [0.25, 0.3) is 0 Å². The van der Waals surface area contributed by atoms with Crippen LogP contribution in [0.3, 0.4) is 0 Å². The molecule has 0 radical (unpaired) electrons. The summed E-state index contributed by atoms with van der Waals surface area (Å²) in [5.74, 6) is 1.22. The highest BCUT2D eigenvalue weighted by atomic mass is 16.1. The second-order valence-corrected chi connectivity index (χ2v) is 10.3. The van der Waals surface area contributed by atoms with Gasteiger partial charge in [0.1, 0.15) is 5.78 Å². The van der Waals surface area contributed by atoms with Crippen molar-refractivity contribution < 1.29 is 4.79 Å². The Labute approximate surface area is 202 Å². The Morgan fingerprint density at radius 3 is 1.21 bits per heavy atom. The van der Waals surface area contributed by atoms with Gasteiger partial charge >= 0.3 is 0 Å². The van der Waals surface area contributed by atoms with Gasteiger partial charge in [0.05, 0.1) is 0 Å². The summed E-state index contributed by atoms with van der Waals surface area (Å²) in [7, 11) is 0. The lowest BCUT2D eigenvalue weighted by atomic mass is 9.81. The average Bonchev–Trinajstić information content (AvgIpc) is 3.81. The van der Waals surface area contributed by atoms with Gasteiger partial charge in [-0.15, -0.1) is 0 Å². The monoisotopic (exact) mass is 442 g/mol. The van der Waals surface area contributed by atoms with Crippen molar-refractivity contribution in [3.8, 4) is 0 Å². The minimum Gasteiger partial charge on any atom is -0.300 e. The Morgan fingerprint density at radius 1 is 0.529 bits per heavy atom. The topological polar surface area (TPSA) is 17.1 Å². The highest BCUT2D eigenvalue weighted by molar-refractivity contribution is 5.84. The predicted octanol–water partition coefficient (Wildman–Crippen LogP) is 7.59. The number of Topliss-reactive ketones (excluding diaryl/α,β-unsaturated/α-hetero) is 1. The van der Waals surface area contributed by atoms with E-state index in [4.69, 9.17) is 0 Å².